The minimum atomic E-state index is -0.00152. The molecule has 3 rings (SSSR count). The summed E-state index contributed by atoms with van der Waals surface area (Å²) in [5.41, 5.74) is 1.23. The van der Waals surface area contributed by atoms with Crippen LogP contribution in [-0.4, -0.2) is 50.1 Å². The molecule has 2 aromatic rings. The van der Waals surface area contributed by atoms with Crippen LogP contribution < -0.4 is 15.0 Å². The second-order valence-electron chi connectivity index (χ2n) is 7.63. The fourth-order valence-corrected chi connectivity index (χ4v) is 4.69. The first-order valence-electron chi connectivity index (χ1n) is 9.96. The molecule has 28 heavy (non-hydrogen) atoms. The molecular formula is C22H31N3O2S. The number of carbonyl (C=O) groups excluding carboxylic acids is 1. The van der Waals surface area contributed by atoms with Crippen molar-refractivity contribution in [3.8, 4) is 5.75 Å². The number of hydrogen-bond acceptors (Lipinski definition) is 5. The van der Waals surface area contributed by atoms with Gasteiger partial charge >= 0.3 is 0 Å². The number of piperazine rings is 1. The Labute approximate surface area is 172 Å². The molecule has 1 amide bonds. The van der Waals surface area contributed by atoms with E-state index in [-0.39, 0.29) is 23.9 Å². The zero-order valence-electron chi connectivity index (χ0n) is 17.2. The third-order valence-electron chi connectivity index (χ3n) is 5.35. The second-order valence-corrected chi connectivity index (χ2v) is 8.61. The number of carbonyl (C=O) groups is 1. The Kier molecular flexibility index (Phi) is 6.97. The van der Waals surface area contributed by atoms with Gasteiger partial charge in [0.2, 0.25) is 5.91 Å². The normalized spacial score (nSPS) is 17.4. The molecule has 1 aromatic carbocycles. The van der Waals surface area contributed by atoms with E-state index in [9.17, 15) is 4.79 Å². The lowest BCUT2D eigenvalue weighted by atomic mass is 10.0. The van der Waals surface area contributed by atoms with Crippen LogP contribution in [0.4, 0.5) is 5.69 Å². The first kappa shape index (κ1) is 20.7. The molecule has 1 saturated heterocycles. The highest BCUT2D eigenvalue weighted by molar-refractivity contribution is 7.10. The summed E-state index contributed by atoms with van der Waals surface area (Å²) in [6.45, 7) is 9.89. The largest absolute Gasteiger partial charge is 0.497 e. The van der Waals surface area contributed by atoms with Gasteiger partial charge in [0.1, 0.15) is 5.75 Å². The monoisotopic (exact) mass is 401 g/mol. The Hall–Kier alpha value is -2.05. The van der Waals surface area contributed by atoms with Gasteiger partial charge in [-0.1, -0.05) is 19.9 Å². The van der Waals surface area contributed by atoms with Crippen LogP contribution >= 0.6 is 11.3 Å². The van der Waals surface area contributed by atoms with Crippen molar-refractivity contribution in [1.82, 2.24) is 10.2 Å². The smallest absolute Gasteiger partial charge is 0.222 e. The van der Waals surface area contributed by atoms with Crippen LogP contribution in [0.5, 0.6) is 5.75 Å². The van der Waals surface area contributed by atoms with E-state index in [0.29, 0.717) is 0 Å². The Morgan fingerprint density at radius 3 is 2.29 bits per heavy atom. The molecule has 0 spiro atoms. The molecule has 1 aromatic heterocycles. The van der Waals surface area contributed by atoms with Crippen molar-refractivity contribution in [3.05, 3.63) is 46.7 Å². The Bertz CT molecular complexity index is 738. The molecule has 0 radical (unpaired) electrons. The van der Waals surface area contributed by atoms with E-state index in [1.165, 1.54) is 10.6 Å². The Morgan fingerprint density at radius 1 is 1.07 bits per heavy atom. The highest BCUT2D eigenvalue weighted by atomic mass is 32.1. The van der Waals surface area contributed by atoms with E-state index in [1.807, 2.05) is 26.0 Å². The van der Waals surface area contributed by atoms with Crippen LogP contribution in [-0.2, 0) is 4.79 Å². The van der Waals surface area contributed by atoms with Gasteiger partial charge in [0.15, 0.2) is 0 Å². The summed E-state index contributed by atoms with van der Waals surface area (Å²) in [6, 6.07) is 12.8. The van der Waals surface area contributed by atoms with E-state index in [4.69, 9.17) is 4.74 Å². The van der Waals surface area contributed by atoms with Crippen LogP contribution in [0.2, 0.25) is 0 Å². The number of rotatable bonds is 7. The zero-order chi connectivity index (χ0) is 20.1. The van der Waals surface area contributed by atoms with Gasteiger partial charge in [-0.3, -0.25) is 9.69 Å². The van der Waals surface area contributed by atoms with Gasteiger partial charge in [-0.2, -0.15) is 0 Å². The minimum Gasteiger partial charge on any atom is -0.497 e. The van der Waals surface area contributed by atoms with Gasteiger partial charge < -0.3 is 15.0 Å². The predicted octanol–water partition coefficient (Wildman–Crippen LogP) is 3.78. The maximum Gasteiger partial charge on any atom is 0.222 e. The topological polar surface area (TPSA) is 44.8 Å². The molecule has 2 heterocycles. The number of hydrogen-bond donors (Lipinski definition) is 1. The van der Waals surface area contributed by atoms with Gasteiger partial charge in [-0.15, -0.1) is 11.3 Å². The lowest BCUT2D eigenvalue weighted by Crippen LogP contribution is -2.52. The van der Waals surface area contributed by atoms with Crippen molar-refractivity contribution in [1.29, 1.82) is 0 Å². The average molecular weight is 402 g/mol. The summed E-state index contributed by atoms with van der Waals surface area (Å²) in [6.07, 6.45) is 0. The second kappa shape index (κ2) is 9.43. The number of methoxy groups -OCH3 is 1. The van der Waals surface area contributed by atoms with Crippen molar-refractivity contribution >= 4 is 22.9 Å². The molecule has 0 bridgehead atoms. The zero-order valence-corrected chi connectivity index (χ0v) is 18.0. The molecular weight excluding hydrogens is 370 g/mol. The number of benzene rings is 1. The molecule has 6 heteroatoms. The van der Waals surface area contributed by atoms with Crippen LogP contribution in [0.3, 0.4) is 0 Å². The van der Waals surface area contributed by atoms with Crippen LogP contribution in [0.1, 0.15) is 31.7 Å². The SMILES string of the molecule is COc1ccc(N2CCN([C@H](c3cccs3)[C@H](C)NC(=O)C(C)C)CC2)cc1. The molecule has 0 aliphatic carbocycles. The number of nitrogens with zero attached hydrogens (tertiary/aromatic N) is 2. The maximum atomic E-state index is 12.3. The third-order valence-corrected chi connectivity index (χ3v) is 6.29. The fraction of sp³-hybridized carbons (Fsp3) is 0.500. The van der Waals surface area contributed by atoms with E-state index in [1.54, 1.807) is 18.4 Å². The molecule has 152 valence electrons. The molecule has 1 fully saturated rings. The summed E-state index contributed by atoms with van der Waals surface area (Å²) in [5.74, 6) is 0.999. The van der Waals surface area contributed by atoms with Crippen LogP contribution in [0.15, 0.2) is 41.8 Å². The average Bonchev–Trinajstić information content (AvgIpc) is 3.23. The molecule has 2 atom stereocenters. The lowest BCUT2D eigenvalue weighted by molar-refractivity contribution is -0.125. The van der Waals surface area contributed by atoms with Gasteiger partial charge in [-0.05, 0) is 42.6 Å². The fourth-order valence-electron chi connectivity index (χ4n) is 3.72. The van der Waals surface area contributed by atoms with E-state index < -0.39 is 0 Å². The van der Waals surface area contributed by atoms with E-state index >= 15 is 0 Å². The summed E-state index contributed by atoms with van der Waals surface area (Å²) in [4.78, 5) is 18.5. The standard InChI is InChI=1S/C22H31N3O2S/c1-16(2)22(26)23-17(3)21(20-6-5-15-28-20)25-13-11-24(12-14-25)18-7-9-19(27-4)10-8-18/h5-10,15-17,21H,11-14H2,1-4H3,(H,23,26)/t17-,21-/m0/s1. The molecule has 1 aliphatic rings. The number of ether oxygens (including phenoxy) is 1. The molecule has 5 nitrogen and oxygen atoms in total. The predicted molar refractivity (Wildman–Crippen MR) is 116 cm³/mol. The quantitative estimate of drug-likeness (QED) is 0.767. The van der Waals surface area contributed by atoms with Crippen LogP contribution in [0.25, 0.3) is 0 Å². The maximum absolute atomic E-state index is 12.3. The third kappa shape index (κ3) is 4.86. The van der Waals surface area contributed by atoms with Crippen molar-refractivity contribution in [2.24, 2.45) is 5.92 Å². The van der Waals surface area contributed by atoms with Crippen molar-refractivity contribution in [2.75, 3.05) is 38.2 Å². The van der Waals surface area contributed by atoms with E-state index in [2.05, 4.69) is 51.7 Å². The minimum absolute atomic E-state index is 0.00152. The number of anilines is 1. The van der Waals surface area contributed by atoms with Crippen LogP contribution in [0, 0.1) is 5.92 Å². The van der Waals surface area contributed by atoms with Gasteiger partial charge in [0, 0.05) is 48.7 Å². The van der Waals surface area contributed by atoms with Crippen molar-refractivity contribution in [2.45, 2.75) is 32.9 Å². The van der Waals surface area contributed by atoms with Crippen molar-refractivity contribution < 1.29 is 9.53 Å². The molecule has 1 aliphatic heterocycles. The summed E-state index contributed by atoms with van der Waals surface area (Å²) >= 11 is 1.77. The van der Waals surface area contributed by atoms with Gasteiger partial charge in [-0.25, -0.2) is 0 Å². The number of thiophene rings is 1. The number of nitrogens with one attached hydrogen (secondary N) is 1. The van der Waals surface area contributed by atoms with Gasteiger partial charge in [0.25, 0.3) is 0 Å². The molecule has 0 unspecified atom stereocenters. The first-order chi connectivity index (χ1) is 13.5. The number of amides is 1. The Morgan fingerprint density at radius 2 is 1.75 bits per heavy atom. The lowest BCUT2D eigenvalue weighted by Gasteiger charge is -2.42. The van der Waals surface area contributed by atoms with E-state index in [0.717, 1.165) is 31.9 Å². The molecule has 0 saturated carbocycles. The summed E-state index contributed by atoms with van der Waals surface area (Å²) in [7, 11) is 1.69. The van der Waals surface area contributed by atoms with Crippen molar-refractivity contribution in [3.63, 3.8) is 0 Å². The molecule has 1 N–H and O–H groups in total. The summed E-state index contributed by atoms with van der Waals surface area (Å²) < 4.78 is 5.26. The first-order valence-corrected chi connectivity index (χ1v) is 10.8. The highest BCUT2D eigenvalue weighted by Crippen LogP contribution is 2.30. The highest BCUT2D eigenvalue weighted by Gasteiger charge is 2.31. The summed E-state index contributed by atoms with van der Waals surface area (Å²) in [5, 5.41) is 5.34. The van der Waals surface area contributed by atoms with Gasteiger partial charge in [0.05, 0.1) is 13.2 Å². The Balaban J connectivity index is 1.68.